The van der Waals surface area contributed by atoms with Gasteiger partial charge in [0.2, 0.25) is 10.0 Å². The van der Waals surface area contributed by atoms with Crippen molar-refractivity contribution in [1.82, 2.24) is 4.31 Å². The molecule has 7 nitrogen and oxygen atoms in total. The lowest BCUT2D eigenvalue weighted by atomic mass is 10.3. The molecule has 9 heteroatoms. The summed E-state index contributed by atoms with van der Waals surface area (Å²) in [5.74, 6) is 0.207. The summed E-state index contributed by atoms with van der Waals surface area (Å²) in [6.45, 7) is 2.88. The maximum Gasteiger partial charge on any atom is 0.262 e. The molecule has 0 aromatic heterocycles. The summed E-state index contributed by atoms with van der Waals surface area (Å²) >= 11 is 6.02. The van der Waals surface area contributed by atoms with Crippen LogP contribution in [-0.2, 0) is 14.8 Å². The van der Waals surface area contributed by atoms with Crippen molar-refractivity contribution in [1.29, 1.82) is 0 Å². The Balaban J connectivity index is 1.73. The van der Waals surface area contributed by atoms with E-state index in [-0.39, 0.29) is 22.3 Å². The number of hydrogen-bond acceptors (Lipinski definition) is 5. The Bertz CT molecular complexity index is 975. The molecule has 3 rings (SSSR count). The van der Waals surface area contributed by atoms with E-state index in [1.165, 1.54) is 22.5 Å². The summed E-state index contributed by atoms with van der Waals surface area (Å²) in [5, 5.41) is 3.00. The van der Waals surface area contributed by atoms with Crippen LogP contribution >= 0.6 is 11.6 Å². The van der Waals surface area contributed by atoms with Gasteiger partial charge in [-0.2, -0.15) is 4.31 Å². The number of rotatable bonds is 8. The number of nitrogens with one attached hydrogen (secondary N) is 1. The smallest absolute Gasteiger partial charge is 0.262 e. The zero-order valence-electron chi connectivity index (χ0n) is 16.1. The van der Waals surface area contributed by atoms with Crippen LogP contribution in [0.1, 0.15) is 19.8 Å². The Labute approximate surface area is 175 Å². The van der Waals surface area contributed by atoms with E-state index in [2.05, 4.69) is 5.32 Å². The minimum absolute atomic E-state index is 0.0329. The number of amides is 1. The number of benzene rings is 2. The Kier molecular flexibility index (Phi) is 7.00. The standard InChI is InChI=1S/C20H23ClN2O5S/c1-2-27-17-8-4-3-7-16(17)22-20(24)14-28-18-10-9-15(21)13-19(18)29(25,26)23-11-5-6-12-23/h3-4,7-10,13H,2,5-6,11-12,14H2,1H3,(H,22,24). The van der Waals surface area contributed by atoms with Crippen LogP contribution < -0.4 is 14.8 Å². The first kappa shape index (κ1) is 21.4. The fourth-order valence-corrected chi connectivity index (χ4v) is 4.96. The van der Waals surface area contributed by atoms with Gasteiger partial charge < -0.3 is 14.8 Å². The molecule has 0 saturated carbocycles. The largest absolute Gasteiger partial charge is 0.492 e. The van der Waals surface area contributed by atoms with E-state index >= 15 is 0 Å². The van der Waals surface area contributed by atoms with Crippen molar-refractivity contribution in [2.75, 3.05) is 31.6 Å². The van der Waals surface area contributed by atoms with Gasteiger partial charge in [-0.05, 0) is 50.1 Å². The van der Waals surface area contributed by atoms with Crippen LogP contribution in [0.3, 0.4) is 0 Å². The molecule has 1 aliphatic rings. The van der Waals surface area contributed by atoms with Gasteiger partial charge in [-0.3, -0.25) is 4.79 Å². The maximum atomic E-state index is 12.9. The van der Waals surface area contributed by atoms with E-state index in [9.17, 15) is 13.2 Å². The first-order valence-corrected chi connectivity index (χ1v) is 11.2. The van der Waals surface area contributed by atoms with E-state index in [4.69, 9.17) is 21.1 Å². The lowest BCUT2D eigenvalue weighted by molar-refractivity contribution is -0.118. The predicted molar refractivity (Wildman–Crippen MR) is 111 cm³/mol. The molecule has 1 N–H and O–H groups in total. The normalized spacial score (nSPS) is 14.6. The van der Waals surface area contributed by atoms with Gasteiger partial charge in [0.05, 0.1) is 12.3 Å². The second-order valence-corrected chi connectivity index (χ2v) is 8.81. The molecule has 0 spiro atoms. The van der Waals surface area contributed by atoms with Crippen LogP contribution in [0.15, 0.2) is 47.4 Å². The topological polar surface area (TPSA) is 84.9 Å². The number of ether oxygens (including phenoxy) is 2. The fourth-order valence-electron chi connectivity index (χ4n) is 3.05. The van der Waals surface area contributed by atoms with E-state index in [1.807, 2.05) is 6.92 Å². The Morgan fingerprint density at radius 2 is 1.83 bits per heavy atom. The quantitative estimate of drug-likeness (QED) is 0.681. The molecule has 0 radical (unpaired) electrons. The Morgan fingerprint density at radius 1 is 1.10 bits per heavy atom. The predicted octanol–water partition coefficient (Wildman–Crippen LogP) is 3.54. The molecule has 0 unspecified atom stereocenters. The minimum atomic E-state index is -3.74. The molecular formula is C20H23ClN2O5S. The van der Waals surface area contributed by atoms with Crippen LogP contribution in [0.4, 0.5) is 5.69 Å². The summed E-state index contributed by atoms with van der Waals surface area (Å²) in [6, 6.07) is 11.4. The summed E-state index contributed by atoms with van der Waals surface area (Å²) in [4.78, 5) is 12.3. The molecule has 0 aliphatic carbocycles. The molecule has 0 bridgehead atoms. The summed E-state index contributed by atoms with van der Waals surface area (Å²) in [5.41, 5.74) is 0.518. The molecule has 1 saturated heterocycles. The average molecular weight is 439 g/mol. The third-order valence-electron chi connectivity index (χ3n) is 4.41. The molecule has 0 atom stereocenters. The van der Waals surface area contributed by atoms with E-state index in [0.29, 0.717) is 31.1 Å². The van der Waals surface area contributed by atoms with Gasteiger partial charge >= 0.3 is 0 Å². The van der Waals surface area contributed by atoms with Gasteiger partial charge in [0, 0.05) is 18.1 Å². The third-order valence-corrected chi connectivity index (χ3v) is 6.56. The van der Waals surface area contributed by atoms with Crippen molar-refractivity contribution in [2.24, 2.45) is 0 Å². The van der Waals surface area contributed by atoms with E-state index in [1.54, 1.807) is 24.3 Å². The molecular weight excluding hydrogens is 416 g/mol. The van der Waals surface area contributed by atoms with Gasteiger partial charge in [-0.15, -0.1) is 0 Å². The van der Waals surface area contributed by atoms with Gasteiger partial charge in [0.15, 0.2) is 6.61 Å². The summed E-state index contributed by atoms with van der Waals surface area (Å²) in [6.07, 6.45) is 1.63. The molecule has 1 aliphatic heterocycles. The van der Waals surface area contributed by atoms with Crippen molar-refractivity contribution < 1.29 is 22.7 Å². The second-order valence-electron chi connectivity index (χ2n) is 6.47. The van der Waals surface area contributed by atoms with E-state index < -0.39 is 15.9 Å². The highest BCUT2D eigenvalue weighted by molar-refractivity contribution is 7.89. The van der Waals surface area contributed by atoms with Gasteiger partial charge in [-0.25, -0.2) is 8.42 Å². The highest BCUT2D eigenvalue weighted by Gasteiger charge is 2.30. The first-order valence-electron chi connectivity index (χ1n) is 9.36. The number of anilines is 1. The molecule has 2 aromatic carbocycles. The van der Waals surface area contributed by atoms with Crippen molar-refractivity contribution in [2.45, 2.75) is 24.7 Å². The van der Waals surface area contributed by atoms with Crippen molar-refractivity contribution >= 4 is 33.2 Å². The molecule has 156 valence electrons. The number of nitrogens with zero attached hydrogens (tertiary/aromatic N) is 1. The summed E-state index contributed by atoms with van der Waals surface area (Å²) in [7, 11) is -3.74. The zero-order valence-corrected chi connectivity index (χ0v) is 17.6. The van der Waals surface area contributed by atoms with Crippen LogP contribution in [0.25, 0.3) is 0 Å². The lowest BCUT2D eigenvalue weighted by Gasteiger charge is -2.18. The minimum Gasteiger partial charge on any atom is -0.492 e. The third kappa shape index (κ3) is 5.20. The summed E-state index contributed by atoms with van der Waals surface area (Å²) < 4.78 is 38.3. The van der Waals surface area contributed by atoms with Crippen molar-refractivity contribution in [3.05, 3.63) is 47.5 Å². The number of carbonyl (C=O) groups is 1. The molecule has 29 heavy (non-hydrogen) atoms. The van der Waals surface area contributed by atoms with Crippen molar-refractivity contribution in [3.63, 3.8) is 0 Å². The number of para-hydroxylation sites is 2. The van der Waals surface area contributed by atoms with Gasteiger partial charge in [0.1, 0.15) is 16.4 Å². The molecule has 2 aromatic rings. The van der Waals surface area contributed by atoms with E-state index in [0.717, 1.165) is 12.8 Å². The van der Waals surface area contributed by atoms with Crippen LogP contribution in [-0.4, -0.2) is 44.9 Å². The number of hydrogen-bond donors (Lipinski definition) is 1. The zero-order chi connectivity index (χ0) is 20.9. The second kappa shape index (κ2) is 9.47. The van der Waals surface area contributed by atoms with Crippen LogP contribution in [0, 0.1) is 0 Å². The number of carbonyl (C=O) groups excluding carboxylic acids is 1. The number of halogens is 1. The number of sulfonamides is 1. The molecule has 1 fully saturated rings. The highest BCUT2D eigenvalue weighted by atomic mass is 35.5. The van der Waals surface area contributed by atoms with Gasteiger partial charge in [-0.1, -0.05) is 23.7 Å². The van der Waals surface area contributed by atoms with Crippen LogP contribution in [0.5, 0.6) is 11.5 Å². The lowest BCUT2D eigenvalue weighted by Crippen LogP contribution is -2.28. The van der Waals surface area contributed by atoms with Crippen molar-refractivity contribution in [3.8, 4) is 11.5 Å². The first-order chi connectivity index (χ1) is 13.9. The Morgan fingerprint density at radius 3 is 2.55 bits per heavy atom. The average Bonchev–Trinajstić information content (AvgIpc) is 3.24. The molecule has 1 amide bonds. The SMILES string of the molecule is CCOc1ccccc1NC(=O)COc1ccc(Cl)cc1S(=O)(=O)N1CCCC1. The van der Waals surface area contributed by atoms with Gasteiger partial charge in [0.25, 0.3) is 5.91 Å². The van der Waals surface area contributed by atoms with Crippen LogP contribution in [0.2, 0.25) is 5.02 Å². The molecule has 1 heterocycles. The Hall–Kier alpha value is -2.29. The highest BCUT2D eigenvalue weighted by Crippen LogP contribution is 2.31. The monoisotopic (exact) mass is 438 g/mol. The fraction of sp³-hybridized carbons (Fsp3) is 0.350. The maximum absolute atomic E-state index is 12.9.